The molecule has 0 aromatic heterocycles. The lowest BCUT2D eigenvalue weighted by molar-refractivity contribution is 0.304. The molecule has 0 spiro atoms. The van der Waals surface area contributed by atoms with Crippen LogP contribution in [-0.4, -0.2) is 24.2 Å². The van der Waals surface area contributed by atoms with Crippen molar-refractivity contribution in [2.24, 2.45) is 0 Å². The van der Waals surface area contributed by atoms with E-state index in [1.807, 2.05) is 0 Å². The van der Waals surface area contributed by atoms with Gasteiger partial charge in [-0.3, -0.25) is 0 Å². The van der Waals surface area contributed by atoms with Crippen LogP contribution < -0.4 is 10.6 Å². The van der Waals surface area contributed by atoms with Crippen molar-refractivity contribution in [3.05, 3.63) is 0 Å². The van der Waals surface area contributed by atoms with Gasteiger partial charge in [0.25, 0.3) is 0 Å². The molecule has 0 saturated carbocycles. The minimum Gasteiger partial charge on any atom is -0.310 e. The van der Waals surface area contributed by atoms with E-state index in [2.05, 4.69) is 52.2 Å². The Kier molecular flexibility index (Phi) is 8.96. The number of nitrogens with one attached hydrogen (secondary N) is 2. The maximum absolute atomic E-state index is 3.71. The zero-order chi connectivity index (χ0) is 12.6. The summed E-state index contributed by atoms with van der Waals surface area (Å²) in [6.07, 6.45) is 5.09. The van der Waals surface area contributed by atoms with Crippen molar-refractivity contribution in [1.29, 1.82) is 0 Å². The highest BCUT2D eigenvalue weighted by atomic mass is 15.0. The molecule has 2 unspecified atom stereocenters. The SMILES string of the molecule is CCCCC(NC(C)C)C(CC)NC(C)C. The van der Waals surface area contributed by atoms with Gasteiger partial charge in [-0.15, -0.1) is 0 Å². The van der Waals surface area contributed by atoms with Crippen LogP contribution in [0.2, 0.25) is 0 Å². The van der Waals surface area contributed by atoms with Crippen LogP contribution in [0.25, 0.3) is 0 Å². The average molecular weight is 228 g/mol. The molecule has 2 heteroatoms. The summed E-state index contributed by atoms with van der Waals surface area (Å²) in [6, 6.07) is 2.37. The lowest BCUT2D eigenvalue weighted by atomic mass is 9.98. The Labute approximate surface area is 103 Å². The summed E-state index contributed by atoms with van der Waals surface area (Å²) in [5.74, 6) is 0. The first-order valence-corrected chi connectivity index (χ1v) is 7.03. The third-order valence-electron chi connectivity index (χ3n) is 2.89. The molecule has 0 aromatic carbocycles. The highest BCUT2D eigenvalue weighted by Crippen LogP contribution is 2.10. The monoisotopic (exact) mass is 228 g/mol. The Morgan fingerprint density at radius 1 is 0.812 bits per heavy atom. The molecule has 0 bridgehead atoms. The second-order valence-corrected chi connectivity index (χ2v) is 5.41. The molecular weight excluding hydrogens is 196 g/mol. The molecule has 98 valence electrons. The highest BCUT2D eigenvalue weighted by molar-refractivity contribution is 4.83. The Balaban J connectivity index is 4.29. The number of unbranched alkanes of at least 4 members (excludes halogenated alkanes) is 1. The van der Waals surface area contributed by atoms with Crippen LogP contribution in [0.1, 0.15) is 67.2 Å². The fourth-order valence-electron chi connectivity index (χ4n) is 2.20. The summed E-state index contributed by atoms with van der Waals surface area (Å²) in [6.45, 7) is 13.5. The normalized spacial score (nSPS) is 15.8. The smallest absolute Gasteiger partial charge is 0.0223 e. The van der Waals surface area contributed by atoms with E-state index in [4.69, 9.17) is 0 Å². The molecule has 0 aliphatic heterocycles. The summed E-state index contributed by atoms with van der Waals surface area (Å²) in [7, 11) is 0. The van der Waals surface area contributed by atoms with E-state index < -0.39 is 0 Å². The first-order chi connectivity index (χ1) is 7.51. The van der Waals surface area contributed by atoms with Gasteiger partial charge in [0.05, 0.1) is 0 Å². The van der Waals surface area contributed by atoms with Crippen LogP contribution in [0, 0.1) is 0 Å². The van der Waals surface area contributed by atoms with Crippen molar-refractivity contribution in [3.63, 3.8) is 0 Å². The van der Waals surface area contributed by atoms with Crippen molar-refractivity contribution in [2.45, 2.75) is 91.4 Å². The Morgan fingerprint density at radius 2 is 1.31 bits per heavy atom. The Bertz CT molecular complexity index is 155. The lowest BCUT2D eigenvalue weighted by Gasteiger charge is -2.31. The predicted molar refractivity (Wildman–Crippen MR) is 73.9 cm³/mol. The van der Waals surface area contributed by atoms with E-state index in [0.717, 1.165) is 0 Å². The summed E-state index contributed by atoms with van der Waals surface area (Å²) >= 11 is 0. The van der Waals surface area contributed by atoms with Crippen molar-refractivity contribution in [1.82, 2.24) is 10.6 Å². The van der Waals surface area contributed by atoms with Crippen LogP contribution in [0.15, 0.2) is 0 Å². The number of hydrogen-bond acceptors (Lipinski definition) is 2. The number of rotatable bonds is 9. The second kappa shape index (κ2) is 9.00. The molecule has 0 aromatic rings. The molecule has 0 rings (SSSR count). The fraction of sp³-hybridized carbons (Fsp3) is 1.00. The molecular formula is C14H32N2. The molecule has 0 aliphatic carbocycles. The van der Waals surface area contributed by atoms with E-state index in [-0.39, 0.29) is 0 Å². The molecule has 0 amide bonds. The maximum atomic E-state index is 3.71. The van der Waals surface area contributed by atoms with Gasteiger partial charge in [-0.25, -0.2) is 0 Å². The van der Waals surface area contributed by atoms with Gasteiger partial charge in [-0.05, 0) is 12.8 Å². The third kappa shape index (κ3) is 7.24. The van der Waals surface area contributed by atoms with E-state index in [1.54, 1.807) is 0 Å². The van der Waals surface area contributed by atoms with Crippen molar-refractivity contribution in [3.8, 4) is 0 Å². The van der Waals surface area contributed by atoms with Gasteiger partial charge in [0.1, 0.15) is 0 Å². The van der Waals surface area contributed by atoms with Gasteiger partial charge < -0.3 is 10.6 Å². The standard InChI is InChI=1S/C14H32N2/c1-7-9-10-14(16-12(5)6)13(8-2)15-11(3)4/h11-16H,7-10H2,1-6H3. The lowest BCUT2D eigenvalue weighted by Crippen LogP contribution is -2.51. The van der Waals surface area contributed by atoms with E-state index in [0.29, 0.717) is 24.2 Å². The van der Waals surface area contributed by atoms with Crippen LogP contribution in [0.4, 0.5) is 0 Å². The minimum absolute atomic E-state index is 0.572. The topological polar surface area (TPSA) is 24.1 Å². The zero-order valence-electron chi connectivity index (χ0n) is 12.1. The van der Waals surface area contributed by atoms with Crippen LogP contribution in [0.3, 0.4) is 0 Å². The highest BCUT2D eigenvalue weighted by Gasteiger charge is 2.20. The van der Waals surface area contributed by atoms with Gasteiger partial charge in [-0.2, -0.15) is 0 Å². The van der Waals surface area contributed by atoms with Crippen molar-refractivity contribution >= 4 is 0 Å². The summed E-state index contributed by atoms with van der Waals surface area (Å²) < 4.78 is 0. The molecule has 2 atom stereocenters. The van der Waals surface area contributed by atoms with Gasteiger partial charge in [-0.1, -0.05) is 54.4 Å². The van der Waals surface area contributed by atoms with Gasteiger partial charge >= 0.3 is 0 Å². The van der Waals surface area contributed by atoms with Gasteiger partial charge in [0, 0.05) is 24.2 Å². The van der Waals surface area contributed by atoms with Crippen LogP contribution >= 0.6 is 0 Å². The van der Waals surface area contributed by atoms with Crippen LogP contribution in [-0.2, 0) is 0 Å². The van der Waals surface area contributed by atoms with E-state index >= 15 is 0 Å². The van der Waals surface area contributed by atoms with Crippen molar-refractivity contribution < 1.29 is 0 Å². The second-order valence-electron chi connectivity index (χ2n) is 5.41. The van der Waals surface area contributed by atoms with Gasteiger partial charge in [0.15, 0.2) is 0 Å². The summed E-state index contributed by atoms with van der Waals surface area (Å²) in [5, 5.41) is 7.39. The van der Waals surface area contributed by atoms with Gasteiger partial charge in [0.2, 0.25) is 0 Å². The van der Waals surface area contributed by atoms with E-state index in [1.165, 1.54) is 25.7 Å². The first kappa shape index (κ1) is 15.9. The largest absolute Gasteiger partial charge is 0.310 e. The molecule has 0 radical (unpaired) electrons. The molecule has 0 saturated heterocycles. The average Bonchev–Trinajstić information content (AvgIpc) is 2.20. The Morgan fingerprint density at radius 3 is 1.69 bits per heavy atom. The maximum Gasteiger partial charge on any atom is 0.0223 e. The predicted octanol–water partition coefficient (Wildman–Crippen LogP) is 3.32. The fourth-order valence-corrected chi connectivity index (χ4v) is 2.20. The first-order valence-electron chi connectivity index (χ1n) is 7.03. The number of hydrogen-bond donors (Lipinski definition) is 2. The molecule has 0 fully saturated rings. The van der Waals surface area contributed by atoms with E-state index in [9.17, 15) is 0 Å². The molecule has 2 nitrogen and oxygen atoms in total. The summed E-state index contributed by atoms with van der Waals surface area (Å²) in [4.78, 5) is 0. The molecule has 0 heterocycles. The molecule has 2 N–H and O–H groups in total. The Hall–Kier alpha value is -0.0800. The summed E-state index contributed by atoms with van der Waals surface area (Å²) in [5.41, 5.74) is 0. The van der Waals surface area contributed by atoms with Crippen LogP contribution in [0.5, 0.6) is 0 Å². The quantitative estimate of drug-likeness (QED) is 0.632. The molecule has 16 heavy (non-hydrogen) atoms. The third-order valence-corrected chi connectivity index (χ3v) is 2.89. The molecule has 0 aliphatic rings. The zero-order valence-corrected chi connectivity index (χ0v) is 12.1. The van der Waals surface area contributed by atoms with Crippen molar-refractivity contribution in [2.75, 3.05) is 0 Å². The minimum atomic E-state index is 0.572.